The van der Waals surface area contributed by atoms with Crippen molar-refractivity contribution in [2.24, 2.45) is 5.92 Å². The Morgan fingerprint density at radius 3 is 2.85 bits per heavy atom. The maximum absolute atomic E-state index is 5.77. The Labute approximate surface area is 123 Å². The van der Waals surface area contributed by atoms with Gasteiger partial charge in [-0.3, -0.25) is 0 Å². The number of unbranched alkanes of at least 4 members (excludes halogenated alkanes) is 1. The van der Waals surface area contributed by atoms with Gasteiger partial charge in [-0.15, -0.1) is 0 Å². The van der Waals surface area contributed by atoms with Gasteiger partial charge >= 0.3 is 0 Å². The van der Waals surface area contributed by atoms with E-state index in [0.717, 1.165) is 37.3 Å². The van der Waals surface area contributed by atoms with Gasteiger partial charge in [0.1, 0.15) is 5.75 Å². The van der Waals surface area contributed by atoms with Crippen LogP contribution in [0.15, 0.2) is 24.3 Å². The van der Waals surface area contributed by atoms with Crippen molar-refractivity contribution in [1.82, 2.24) is 5.32 Å². The Morgan fingerprint density at radius 2 is 2.05 bits per heavy atom. The van der Waals surface area contributed by atoms with Crippen LogP contribution in [-0.4, -0.2) is 19.2 Å². The Bertz CT molecular complexity index is 391. The van der Waals surface area contributed by atoms with E-state index in [0.29, 0.717) is 0 Å². The summed E-state index contributed by atoms with van der Waals surface area (Å²) in [7, 11) is 0. The van der Waals surface area contributed by atoms with Crippen molar-refractivity contribution < 1.29 is 4.74 Å². The van der Waals surface area contributed by atoms with Crippen LogP contribution in [0.25, 0.3) is 0 Å². The van der Waals surface area contributed by atoms with E-state index in [1.165, 1.54) is 37.7 Å². The van der Waals surface area contributed by atoms with Crippen molar-refractivity contribution in [2.75, 3.05) is 13.2 Å². The van der Waals surface area contributed by atoms with Gasteiger partial charge in [-0.2, -0.15) is 0 Å². The van der Waals surface area contributed by atoms with Crippen molar-refractivity contribution in [2.45, 2.75) is 58.4 Å². The van der Waals surface area contributed by atoms with Gasteiger partial charge < -0.3 is 10.1 Å². The summed E-state index contributed by atoms with van der Waals surface area (Å²) in [6.07, 6.45) is 7.91. The maximum Gasteiger partial charge on any atom is 0.119 e. The van der Waals surface area contributed by atoms with Crippen LogP contribution in [0.5, 0.6) is 5.75 Å². The molecule has 2 rings (SSSR count). The maximum atomic E-state index is 5.77. The lowest BCUT2D eigenvalue weighted by Gasteiger charge is -2.29. The summed E-state index contributed by atoms with van der Waals surface area (Å²) in [6.45, 7) is 6.44. The molecule has 2 unspecified atom stereocenters. The van der Waals surface area contributed by atoms with E-state index in [-0.39, 0.29) is 0 Å². The Kier molecular flexibility index (Phi) is 6.38. The van der Waals surface area contributed by atoms with Gasteiger partial charge in [0.2, 0.25) is 0 Å². The molecule has 20 heavy (non-hydrogen) atoms. The molecule has 0 aliphatic heterocycles. The second-order valence-corrected chi connectivity index (χ2v) is 6.19. The molecule has 1 aromatic rings. The first-order chi connectivity index (χ1) is 9.75. The topological polar surface area (TPSA) is 21.3 Å². The standard InChI is InChI=1S/C18H29NO/c1-15-8-7-10-17(14-15)20-13-6-5-12-19-18-11-4-3-9-16(18)2/h7-8,10,14,16,18-19H,3-6,9,11-13H2,1-2H3. The summed E-state index contributed by atoms with van der Waals surface area (Å²) in [5.74, 6) is 1.85. The largest absolute Gasteiger partial charge is 0.494 e. The van der Waals surface area contributed by atoms with Gasteiger partial charge in [0.15, 0.2) is 0 Å². The van der Waals surface area contributed by atoms with E-state index in [1.54, 1.807) is 0 Å². The number of rotatable bonds is 7. The second kappa shape index (κ2) is 8.31. The molecule has 1 saturated carbocycles. The molecule has 1 N–H and O–H groups in total. The SMILES string of the molecule is Cc1cccc(OCCCCNC2CCCCC2C)c1. The highest BCUT2D eigenvalue weighted by Crippen LogP contribution is 2.23. The summed E-state index contributed by atoms with van der Waals surface area (Å²) in [5, 5.41) is 3.72. The zero-order valence-corrected chi connectivity index (χ0v) is 13.0. The van der Waals surface area contributed by atoms with Gasteiger partial charge in [-0.1, -0.05) is 31.9 Å². The molecular formula is C18H29NO. The molecule has 2 atom stereocenters. The minimum absolute atomic E-state index is 0.751. The molecule has 2 nitrogen and oxygen atoms in total. The molecule has 0 radical (unpaired) electrons. The molecule has 1 aliphatic carbocycles. The lowest BCUT2D eigenvalue weighted by molar-refractivity contribution is 0.271. The third-order valence-electron chi connectivity index (χ3n) is 4.35. The predicted molar refractivity (Wildman–Crippen MR) is 85.3 cm³/mol. The molecular weight excluding hydrogens is 246 g/mol. The second-order valence-electron chi connectivity index (χ2n) is 6.19. The van der Waals surface area contributed by atoms with E-state index in [1.807, 2.05) is 6.07 Å². The Hall–Kier alpha value is -1.02. The number of aryl methyl sites for hydroxylation is 1. The quantitative estimate of drug-likeness (QED) is 0.748. The third-order valence-corrected chi connectivity index (χ3v) is 4.35. The summed E-state index contributed by atoms with van der Waals surface area (Å²) < 4.78 is 5.77. The average molecular weight is 275 g/mol. The van der Waals surface area contributed by atoms with Gasteiger partial charge in [0.25, 0.3) is 0 Å². The fourth-order valence-corrected chi connectivity index (χ4v) is 3.03. The first kappa shape index (κ1) is 15.4. The fourth-order valence-electron chi connectivity index (χ4n) is 3.03. The number of nitrogens with one attached hydrogen (secondary N) is 1. The van der Waals surface area contributed by atoms with Gasteiger partial charge in [0, 0.05) is 6.04 Å². The highest BCUT2D eigenvalue weighted by atomic mass is 16.5. The lowest BCUT2D eigenvalue weighted by Crippen LogP contribution is -2.37. The zero-order valence-electron chi connectivity index (χ0n) is 13.0. The molecule has 0 spiro atoms. The van der Waals surface area contributed by atoms with Crippen molar-refractivity contribution in [3.8, 4) is 5.75 Å². The van der Waals surface area contributed by atoms with Crippen LogP contribution in [0.1, 0.15) is 51.0 Å². The van der Waals surface area contributed by atoms with E-state index < -0.39 is 0 Å². The summed E-state index contributed by atoms with van der Waals surface area (Å²) in [4.78, 5) is 0. The van der Waals surface area contributed by atoms with Crippen LogP contribution in [0.4, 0.5) is 0 Å². The monoisotopic (exact) mass is 275 g/mol. The van der Waals surface area contributed by atoms with Gasteiger partial charge in [0.05, 0.1) is 6.61 Å². The minimum atomic E-state index is 0.751. The Morgan fingerprint density at radius 1 is 1.20 bits per heavy atom. The number of ether oxygens (including phenoxy) is 1. The predicted octanol–water partition coefficient (Wildman–Crippen LogP) is 4.32. The normalized spacial score (nSPS) is 22.7. The van der Waals surface area contributed by atoms with Crippen LogP contribution >= 0.6 is 0 Å². The zero-order chi connectivity index (χ0) is 14.2. The number of hydrogen-bond donors (Lipinski definition) is 1. The van der Waals surface area contributed by atoms with Crippen LogP contribution in [0, 0.1) is 12.8 Å². The van der Waals surface area contributed by atoms with Crippen LogP contribution in [-0.2, 0) is 0 Å². The molecule has 0 amide bonds. The van der Waals surface area contributed by atoms with Crippen LogP contribution < -0.4 is 10.1 Å². The molecule has 2 heteroatoms. The Balaban J connectivity index is 1.53. The molecule has 0 heterocycles. The molecule has 1 aromatic carbocycles. The van der Waals surface area contributed by atoms with Crippen LogP contribution in [0.2, 0.25) is 0 Å². The molecule has 1 aliphatic rings. The van der Waals surface area contributed by atoms with Crippen molar-refractivity contribution >= 4 is 0 Å². The molecule has 0 saturated heterocycles. The smallest absolute Gasteiger partial charge is 0.119 e. The van der Waals surface area contributed by atoms with E-state index in [9.17, 15) is 0 Å². The average Bonchev–Trinajstić information content (AvgIpc) is 2.44. The summed E-state index contributed by atoms with van der Waals surface area (Å²) in [5.41, 5.74) is 1.26. The molecule has 112 valence electrons. The highest BCUT2D eigenvalue weighted by Gasteiger charge is 2.19. The van der Waals surface area contributed by atoms with Crippen LogP contribution in [0.3, 0.4) is 0 Å². The lowest BCUT2D eigenvalue weighted by atomic mass is 9.86. The fraction of sp³-hybridized carbons (Fsp3) is 0.667. The summed E-state index contributed by atoms with van der Waals surface area (Å²) in [6, 6.07) is 9.04. The van der Waals surface area contributed by atoms with E-state index >= 15 is 0 Å². The highest BCUT2D eigenvalue weighted by molar-refractivity contribution is 5.27. The molecule has 0 aromatic heterocycles. The minimum Gasteiger partial charge on any atom is -0.494 e. The third kappa shape index (κ3) is 5.16. The van der Waals surface area contributed by atoms with Gasteiger partial charge in [-0.25, -0.2) is 0 Å². The number of hydrogen-bond acceptors (Lipinski definition) is 2. The van der Waals surface area contributed by atoms with Crippen molar-refractivity contribution in [3.63, 3.8) is 0 Å². The van der Waals surface area contributed by atoms with Gasteiger partial charge in [-0.05, 0) is 62.8 Å². The van der Waals surface area contributed by atoms with E-state index in [4.69, 9.17) is 4.74 Å². The summed E-state index contributed by atoms with van der Waals surface area (Å²) >= 11 is 0. The van der Waals surface area contributed by atoms with Crippen molar-refractivity contribution in [3.05, 3.63) is 29.8 Å². The first-order valence-corrected chi connectivity index (χ1v) is 8.18. The molecule has 1 fully saturated rings. The first-order valence-electron chi connectivity index (χ1n) is 8.18. The number of benzene rings is 1. The van der Waals surface area contributed by atoms with Crippen molar-refractivity contribution in [1.29, 1.82) is 0 Å². The van der Waals surface area contributed by atoms with E-state index in [2.05, 4.69) is 37.4 Å². The molecule has 0 bridgehead atoms.